The Morgan fingerprint density at radius 1 is 1.64 bits per heavy atom. The smallest absolute Gasteiger partial charge is 0.425 e. The van der Waals surface area contributed by atoms with Crippen LogP contribution in [0.15, 0.2) is 17.8 Å². The maximum Gasteiger partial charge on any atom is 0.425 e. The fraction of sp³-hybridized carbons (Fsp3) is 0.429. The molecule has 0 aliphatic rings. The van der Waals surface area contributed by atoms with Crippen molar-refractivity contribution in [1.82, 2.24) is 5.43 Å². The quantitative estimate of drug-likeness (QED) is 0.275. The summed E-state index contributed by atoms with van der Waals surface area (Å²) in [7, 11) is 0. The second kappa shape index (κ2) is 6.80. The van der Waals surface area contributed by atoms with E-state index >= 15 is 0 Å². The summed E-state index contributed by atoms with van der Waals surface area (Å²) in [4.78, 5) is 9.85. The van der Waals surface area contributed by atoms with Gasteiger partial charge in [0.05, 0.1) is 0 Å². The van der Waals surface area contributed by atoms with Gasteiger partial charge in [-0.3, -0.25) is 0 Å². The Morgan fingerprint density at radius 2 is 2.36 bits per heavy atom. The third kappa shape index (κ3) is 8.68. The number of hydrogen-bond donors (Lipinski definition) is 2. The molecule has 1 amide bonds. The second-order valence-corrected chi connectivity index (χ2v) is 1.95. The molecular weight excluding hydrogens is 144 g/mol. The van der Waals surface area contributed by atoms with E-state index in [0.29, 0.717) is 0 Å². The second-order valence-electron chi connectivity index (χ2n) is 1.95. The number of hydrazone groups is 1. The standard InChI is InChI=1S/C7H12N2O2/c1-2-3-4-5-6-8-9-7(10)11/h2,6,9H,1,3-5H2,(H,10,11). The van der Waals surface area contributed by atoms with Crippen LogP contribution < -0.4 is 5.43 Å². The van der Waals surface area contributed by atoms with Crippen LogP contribution in [0, 0.1) is 0 Å². The highest BCUT2D eigenvalue weighted by molar-refractivity contribution is 5.66. The molecule has 0 unspecified atom stereocenters. The van der Waals surface area contributed by atoms with Gasteiger partial charge in [0.2, 0.25) is 0 Å². The Morgan fingerprint density at radius 3 is 2.91 bits per heavy atom. The fourth-order valence-corrected chi connectivity index (χ4v) is 0.519. The molecule has 0 aliphatic carbocycles. The van der Waals surface area contributed by atoms with E-state index in [1.54, 1.807) is 0 Å². The average molecular weight is 156 g/mol. The summed E-state index contributed by atoms with van der Waals surface area (Å²) < 4.78 is 0. The highest BCUT2D eigenvalue weighted by atomic mass is 16.4. The van der Waals surface area contributed by atoms with Gasteiger partial charge in [-0.2, -0.15) is 5.10 Å². The van der Waals surface area contributed by atoms with Crippen LogP contribution in [0.5, 0.6) is 0 Å². The lowest BCUT2D eigenvalue weighted by molar-refractivity contribution is 0.195. The van der Waals surface area contributed by atoms with Gasteiger partial charge in [0.25, 0.3) is 0 Å². The summed E-state index contributed by atoms with van der Waals surface area (Å²) in [5.41, 5.74) is 1.88. The molecule has 0 atom stereocenters. The van der Waals surface area contributed by atoms with Crippen molar-refractivity contribution in [3.05, 3.63) is 12.7 Å². The molecule has 0 bridgehead atoms. The van der Waals surface area contributed by atoms with Crippen molar-refractivity contribution in [2.75, 3.05) is 0 Å². The van der Waals surface area contributed by atoms with E-state index in [2.05, 4.69) is 11.7 Å². The Bertz CT molecular complexity index is 155. The zero-order valence-electron chi connectivity index (χ0n) is 6.29. The number of amides is 1. The van der Waals surface area contributed by atoms with E-state index in [1.165, 1.54) is 6.21 Å². The first-order valence-corrected chi connectivity index (χ1v) is 3.38. The Kier molecular flexibility index (Phi) is 5.98. The van der Waals surface area contributed by atoms with Gasteiger partial charge in [-0.1, -0.05) is 6.08 Å². The van der Waals surface area contributed by atoms with Crippen LogP contribution in [-0.4, -0.2) is 17.4 Å². The molecule has 0 radical (unpaired) electrons. The molecule has 0 saturated heterocycles. The molecular formula is C7H12N2O2. The maximum atomic E-state index is 9.85. The molecule has 4 nitrogen and oxygen atoms in total. The molecule has 0 spiro atoms. The van der Waals surface area contributed by atoms with Gasteiger partial charge in [-0.05, 0) is 19.3 Å². The van der Waals surface area contributed by atoms with Crippen molar-refractivity contribution in [2.24, 2.45) is 5.10 Å². The summed E-state index contributed by atoms with van der Waals surface area (Å²) in [5.74, 6) is 0. The Labute approximate surface area is 65.6 Å². The lowest BCUT2D eigenvalue weighted by atomic mass is 10.2. The first kappa shape index (κ1) is 9.68. The number of carbonyl (C=O) groups is 1. The molecule has 0 saturated carbocycles. The normalized spacial score (nSPS) is 9.82. The zero-order chi connectivity index (χ0) is 8.53. The van der Waals surface area contributed by atoms with Crippen LogP contribution in [0.1, 0.15) is 19.3 Å². The molecule has 0 aromatic rings. The van der Waals surface area contributed by atoms with Crippen molar-refractivity contribution in [3.8, 4) is 0 Å². The number of nitrogens with one attached hydrogen (secondary N) is 1. The molecule has 0 aliphatic heterocycles. The van der Waals surface area contributed by atoms with Gasteiger partial charge >= 0.3 is 6.09 Å². The van der Waals surface area contributed by atoms with Gasteiger partial charge in [-0.15, -0.1) is 6.58 Å². The molecule has 2 N–H and O–H groups in total. The number of rotatable bonds is 5. The molecule has 0 rings (SSSR count). The molecule has 0 aromatic carbocycles. The lowest BCUT2D eigenvalue weighted by Crippen LogP contribution is -2.13. The van der Waals surface area contributed by atoms with Gasteiger partial charge in [0.1, 0.15) is 0 Å². The van der Waals surface area contributed by atoms with Crippen molar-refractivity contribution in [3.63, 3.8) is 0 Å². The van der Waals surface area contributed by atoms with Crippen LogP contribution in [0.4, 0.5) is 4.79 Å². The maximum absolute atomic E-state index is 9.85. The van der Waals surface area contributed by atoms with Crippen LogP contribution in [-0.2, 0) is 0 Å². The van der Waals surface area contributed by atoms with E-state index in [0.717, 1.165) is 19.3 Å². The van der Waals surface area contributed by atoms with Gasteiger partial charge < -0.3 is 5.11 Å². The molecule has 0 fully saturated rings. The minimum absolute atomic E-state index is 0.770. The van der Waals surface area contributed by atoms with E-state index in [1.807, 2.05) is 11.5 Å². The topological polar surface area (TPSA) is 61.7 Å². The van der Waals surface area contributed by atoms with E-state index < -0.39 is 6.09 Å². The molecule has 62 valence electrons. The van der Waals surface area contributed by atoms with Crippen LogP contribution in [0.3, 0.4) is 0 Å². The minimum Gasteiger partial charge on any atom is -0.464 e. The monoisotopic (exact) mass is 156 g/mol. The predicted molar refractivity (Wildman–Crippen MR) is 43.7 cm³/mol. The summed E-state index contributed by atoms with van der Waals surface area (Å²) >= 11 is 0. The number of hydrogen-bond acceptors (Lipinski definition) is 2. The molecule has 11 heavy (non-hydrogen) atoms. The third-order valence-corrected chi connectivity index (χ3v) is 0.993. The van der Waals surface area contributed by atoms with E-state index in [9.17, 15) is 4.79 Å². The summed E-state index contributed by atoms with van der Waals surface area (Å²) in [6, 6.07) is 0. The zero-order valence-corrected chi connectivity index (χ0v) is 6.29. The van der Waals surface area contributed by atoms with Crippen LogP contribution >= 0.6 is 0 Å². The highest BCUT2D eigenvalue weighted by Gasteiger charge is 1.85. The van der Waals surface area contributed by atoms with Crippen molar-refractivity contribution in [1.29, 1.82) is 0 Å². The van der Waals surface area contributed by atoms with Crippen molar-refractivity contribution < 1.29 is 9.90 Å². The van der Waals surface area contributed by atoms with Crippen LogP contribution in [0.2, 0.25) is 0 Å². The van der Waals surface area contributed by atoms with Gasteiger partial charge in [0, 0.05) is 6.21 Å². The molecule has 0 aromatic heterocycles. The largest absolute Gasteiger partial charge is 0.464 e. The van der Waals surface area contributed by atoms with Crippen molar-refractivity contribution >= 4 is 12.3 Å². The Balaban J connectivity index is 3.16. The number of unbranched alkanes of at least 4 members (excludes halogenated alkanes) is 2. The average Bonchev–Trinajstić information content (AvgIpc) is 1.96. The third-order valence-electron chi connectivity index (χ3n) is 0.993. The number of carboxylic acid groups (broad SMARTS) is 1. The van der Waals surface area contributed by atoms with Gasteiger partial charge in [0.15, 0.2) is 0 Å². The summed E-state index contributed by atoms with van der Waals surface area (Å²) in [6.45, 7) is 3.55. The SMILES string of the molecule is C=CCCCC=NNC(=O)O. The first-order valence-electron chi connectivity index (χ1n) is 3.38. The minimum atomic E-state index is -1.13. The highest BCUT2D eigenvalue weighted by Crippen LogP contribution is 1.91. The Hall–Kier alpha value is -1.32. The predicted octanol–water partition coefficient (Wildman–Crippen LogP) is 1.60. The fourth-order valence-electron chi connectivity index (χ4n) is 0.519. The van der Waals surface area contributed by atoms with Gasteiger partial charge in [-0.25, -0.2) is 10.2 Å². The number of allylic oxidation sites excluding steroid dienone is 1. The van der Waals surface area contributed by atoms with E-state index in [-0.39, 0.29) is 0 Å². The summed E-state index contributed by atoms with van der Waals surface area (Å²) in [5, 5.41) is 11.5. The van der Waals surface area contributed by atoms with Crippen molar-refractivity contribution in [2.45, 2.75) is 19.3 Å². The van der Waals surface area contributed by atoms with E-state index in [4.69, 9.17) is 5.11 Å². The molecule has 0 heterocycles. The van der Waals surface area contributed by atoms with Crippen LogP contribution in [0.25, 0.3) is 0 Å². The summed E-state index contributed by atoms with van der Waals surface area (Å²) in [6.07, 6.45) is 4.88. The number of nitrogens with zero attached hydrogens (tertiary/aromatic N) is 1. The molecule has 4 heteroatoms. The first-order chi connectivity index (χ1) is 5.27. The lowest BCUT2D eigenvalue weighted by Gasteiger charge is -1.89.